The molecule has 0 radical (unpaired) electrons. The molecule has 0 aliphatic rings. The number of rotatable bonds is 2. The van der Waals surface area contributed by atoms with E-state index >= 15 is 0 Å². The maximum Gasteiger partial charge on any atom is 0.422 e. The molecule has 10 heavy (non-hydrogen) atoms. The van der Waals surface area contributed by atoms with Gasteiger partial charge in [0.25, 0.3) is 0 Å². The summed E-state index contributed by atoms with van der Waals surface area (Å²) in [6, 6.07) is 0. The van der Waals surface area contributed by atoms with E-state index in [1.165, 1.54) is 0 Å². The zero-order valence-corrected chi connectivity index (χ0v) is 6.14. The van der Waals surface area contributed by atoms with Crippen molar-refractivity contribution in [3.8, 4) is 0 Å². The van der Waals surface area contributed by atoms with Gasteiger partial charge in [0.2, 0.25) is 0 Å². The van der Waals surface area contributed by atoms with Crippen LogP contribution in [-0.2, 0) is 14.6 Å². The molecule has 0 saturated heterocycles. The van der Waals surface area contributed by atoms with Gasteiger partial charge in [-0.3, -0.25) is 5.43 Å². The Morgan fingerprint density at radius 1 is 1.70 bits per heavy atom. The second kappa shape index (κ2) is 3.37. The molecular weight excluding hydrogens is 160 g/mol. The zero-order chi connectivity index (χ0) is 8.20. The van der Waals surface area contributed by atoms with E-state index in [0.717, 1.165) is 6.26 Å². The summed E-state index contributed by atoms with van der Waals surface area (Å²) in [5, 5.41) is 0. The Morgan fingerprint density at radius 2 is 2.20 bits per heavy atom. The molecule has 0 rings (SSSR count). The largest absolute Gasteiger partial charge is 0.432 e. The second-order valence-corrected chi connectivity index (χ2v) is 3.71. The minimum absolute atomic E-state index is 0.657. The van der Waals surface area contributed by atoms with Gasteiger partial charge in [-0.25, -0.2) is 19.1 Å². The van der Waals surface area contributed by atoms with Crippen LogP contribution in [0.1, 0.15) is 0 Å². The molecule has 0 unspecified atom stereocenters. The molecule has 0 aromatic carbocycles. The fourth-order valence-electron chi connectivity index (χ4n) is 0.202. The van der Waals surface area contributed by atoms with Gasteiger partial charge in [0.15, 0.2) is 15.8 Å². The van der Waals surface area contributed by atoms with Crippen molar-refractivity contribution in [3.63, 3.8) is 0 Å². The summed E-state index contributed by atoms with van der Waals surface area (Å²) in [5.74, 6) is 3.93. The van der Waals surface area contributed by atoms with Crippen molar-refractivity contribution in [1.29, 1.82) is 0 Å². The Bertz CT molecular complexity index is 209. The first-order chi connectivity index (χ1) is 4.45. The highest BCUT2D eigenvalue weighted by molar-refractivity contribution is 7.90. The van der Waals surface area contributed by atoms with Crippen LogP contribution in [0.3, 0.4) is 0 Å². The van der Waals surface area contributed by atoms with Crippen LogP contribution in [0.4, 0.5) is 4.79 Å². The van der Waals surface area contributed by atoms with E-state index in [4.69, 9.17) is 0 Å². The minimum atomic E-state index is -3.27. The van der Waals surface area contributed by atoms with E-state index in [1.807, 2.05) is 0 Å². The number of sulfone groups is 1. The number of ether oxygens (including phenoxy) is 1. The van der Waals surface area contributed by atoms with Crippen molar-refractivity contribution in [2.75, 3.05) is 12.2 Å². The second-order valence-electron chi connectivity index (χ2n) is 1.62. The monoisotopic (exact) mass is 168 g/mol. The molecule has 0 bridgehead atoms. The molecule has 0 heterocycles. The average molecular weight is 168 g/mol. The number of nitrogens with two attached hydrogens (primary N) is 1. The fraction of sp³-hybridized carbons (Fsp3) is 0.667. The van der Waals surface area contributed by atoms with Crippen LogP contribution in [0.15, 0.2) is 0 Å². The molecule has 7 heteroatoms. The Kier molecular flexibility index (Phi) is 3.10. The minimum Gasteiger partial charge on any atom is -0.432 e. The predicted octanol–water partition coefficient (Wildman–Crippen LogP) is -1.41. The van der Waals surface area contributed by atoms with E-state index in [2.05, 4.69) is 10.6 Å². The molecule has 0 aromatic heterocycles. The van der Waals surface area contributed by atoms with E-state index < -0.39 is 21.9 Å². The lowest BCUT2D eigenvalue weighted by molar-refractivity contribution is 0.164. The van der Waals surface area contributed by atoms with Gasteiger partial charge in [-0.2, -0.15) is 0 Å². The summed E-state index contributed by atoms with van der Waals surface area (Å²) in [6.45, 7) is 0. The number of carbonyl (C=O) groups is 1. The quantitative estimate of drug-likeness (QED) is 0.300. The van der Waals surface area contributed by atoms with Crippen molar-refractivity contribution >= 4 is 15.9 Å². The summed E-state index contributed by atoms with van der Waals surface area (Å²) in [5.41, 5.74) is 1.61. The standard InChI is InChI=1S/C3H8N2O4S/c1-10(7,8)2-9-3(6)5-4/h2,4H2,1H3,(H,5,6). The number of hydrazine groups is 1. The highest BCUT2D eigenvalue weighted by Crippen LogP contribution is 1.83. The predicted molar refractivity (Wildman–Crippen MR) is 33.5 cm³/mol. The average Bonchev–Trinajstić information content (AvgIpc) is 1.81. The topological polar surface area (TPSA) is 98.5 Å². The lowest BCUT2D eigenvalue weighted by Gasteiger charge is -1.99. The molecule has 1 amide bonds. The highest BCUT2D eigenvalue weighted by atomic mass is 32.2. The van der Waals surface area contributed by atoms with Crippen LogP contribution in [0.2, 0.25) is 0 Å². The third-order valence-electron chi connectivity index (χ3n) is 0.522. The van der Waals surface area contributed by atoms with E-state index in [1.54, 1.807) is 5.43 Å². The van der Waals surface area contributed by atoms with Gasteiger partial charge < -0.3 is 4.74 Å². The van der Waals surface area contributed by atoms with Crippen LogP contribution in [0, 0.1) is 0 Å². The van der Waals surface area contributed by atoms with Crippen molar-refractivity contribution in [1.82, 2.24) is 5.43 Å². The van der Waals surface area contributed by atoms with Gasteiger partial charge >= 0.3 is 6.09 Å². The molecule has 0 aromatic rings. The van der Waals surface area contributed by atoms with Crippen LogP contribution < -0.4 is 11.3 Å². The van der Waals surface area contributed by atoms with Gasteiger partial charge in [0.1, 0.15) is 0 Å². The fourth-order valence-corrected chi connectivity index (χ4v) is 0.523. The Balaban J connectivity index is 3.67. The lowest BCUT2D eigenvalue weighted by atomic mass is 11.2. The smallest absolute Gasteiger partial charge is 0.422 e. The maximum absolute atomic E-state index is 10.3. The van der Waals surface area contributed by atoms with Crippen LogP contribution in [0.25, 0.3) is 0 Å². The highest BCUT2D eigenvalue weighted by Gasteiger charge is 2.05. The first-order valence-electron chi connectivity index (χ1n) is 2.27. The van der Waals surface area contributed by atoms with Crippen LogP contribution >= 0.6 is 0 Å². The van der Waals surface area contributed by atoms with Crippen molar-refractivity contribution in [2.24, 2.45) is 5.84 Å². The Labute approximate surface area is 58.2 Å². The summed E-state index contributed by atoms with van der Waals surface area (Å²) in [7, 11) is -3.27. The summed E-state index contributed by atoms with van der Waals surface area (Å²) in [4.78, 5) is 10.1. The van der Waals surface area contributed by atoms with E-state index in [0.29, 0.717) is 0 Å². The zero-order valence-electron chi connectivity index (χ0n) is 5.33. The molecule has 0 spiro atoms. The number of hydrogen-bond donors (Lipinski definition) is 2. The van der Waals surface area contributed by atoms with Crippen LogP contribution in [-0.4, -0.2) is 26.7 Å². The van der Waals surface area contributed by atoms with Crippen molar-refractivity contribution in [2.45, 2.75) is 0 Å². The Morgan fingerprint density at radius 3 is 2.50 bits per heavy atom. The maximum atomic E-state index is 10.3. The van der Waals surface area contributed by atoms with Gasteiger partial charge in [0.05, 0.1) is 0 Å². The molecule has 3 N–H and O–H groups in total. The van der Waals surface area contributed by atoms with Gasteiger partial charge in [-0.15, -0.1) is 0 Å². The Hall–Kier alpha value is -0.820. The third-order valence-corrected chi connectivity index (χ3v) is 1.07. The number of nitrogens with one attached hydrogen (secondary N) is 1. The third kappa shape index (κ3) is 5.32. The van der Waals surface area contributed by atoms with Crippen LogP contribution in [0.5, 0.6) is 0 Å². The number of carbonyl (C=O) groups excluding carboxylic acids is 1. The van der Waals surface area contributed by atoms with Crippen molar-refractivity contribution in [3.05, 3.63) is 0 Å². The van der Waals surface area contributed by atoms with E-state index in [9.17, 15) is 13.2 Å². The molecular formula is C3H8N2O4S. The first-order valence-corrected chi connectivity index (χ1v) is 4.33. The molecule has 6 nitrogen and oxygen atoms in total. The summed E-state index contributed by atoms with van der Waals surface area (Å²) in [6.07, 6.45) is -0.0259. The summed E-state index contributed by atoms with van der Waals surface area (Å²) < 4.78 is 24.7. The van der Waals surface area contributed by atoms with Gasteiger partial charge in [0, 0.05) is 6.26 Å². The van der Waals surface area contributed by atoms with Gasteiger partial charge in [-0.05, 0) is 0 Å². The molecule has 0 aliphatic carbocycles. The molecule has 0 saturated carbocycles. The summed E-state index contributed by atoms with van der Waals surface area (Å²) >= 11 is 0. The number of hydrogen-bond acceptors (Lipinski definition) is 5. The normalized spacial score (nSPS) is 10.6. The molecule has 60 valence electrons. The SMILES string of the molecule is CS(=O)(=O)COC(=O)NN. The molecule has 0 fully saturated rings. The number of amides is 1. The lowest BCUT2D eigenvalue weighted by Crippen LogP contribution is -2.31. The van der Waals surface area contributed by atoms with Gasteiger partial charge in [-0.1, -0.05) is 0 Å². The molecule has 0 aliphatic heterocycles. The van der Waals surface area contributed by atoms with Crippen molar-refractivity contribution < 1.29 is 17.9 Å². The molecule has 0 atom stereocenters. The first kappa shape index (κ1) is 9.18. The van der Waals surface area contributed by atoms with E-state index in [-0.39, 0.29) is 0 Å².